The van der Waals surface area contributed by atoms with Gasteiger partial charge in [0.15, 0.2) is 6.67 Å². The van der Waals surface area contributed by atoms with Crippen molar-refractivity contribution in [2.24, 2.45) is 0 Å². The van der Waals surface area contributed by atoms with Crippen molar-refractivity contribution < 1.29 is 23.9 Å². The molecular weight excluding hydrogens is 368 g/mol. The van der Waals surface area contributed by atoms with E-state index in [1.54, 1.807) is 0 Å². The van der Waals surface area contributed by atoms with Gasteiger partial charge in [-0.05, 0) is 11.6 Å². The van der Waals surface area contributed by atoms with Gasteiger partial charge >= 0.3 is 0 Å². The lowest BCUT2D eigenvalue weighted by Gasteiger charge is -2.42. The highest BCUT2D eigenvalue weighted by molar-refractivity contribution is 6.06. The summed E-state index contributed by atoms with van der Waals surface area (Å²) < 4.78 is 18.1. The molecular formula is C23H27N2O4+. The zero-order chi connectivity index (χ0) is 19.9. The molecule has 3 aliphatic heterocycles. The summed E-state index contributed by atoms with van der Waals surface area (Å²) in [5.41, 5.74) is 2.57. The molecule has 29 heavy (non-hydrogen) atoms. The molecule has 5 rings (SSSR count). The molecule has 6 heteroatoms. The Kier molecular flexibility index (Phi) is 4.67. The number of quaternary nitrogens is 1. The van der Waals surface area contributed by atoms with Gasteiger partial charge < -0.3 is 19.1 Å². The van der Waals surface area contributed by atoms with Crippen LogP contribution in [0.15, 0.2) is 54.6 Å². The van der Waals surface area contributed by atoms with Crippen LogP contribution in [0.1, 0.15) is 18.1 Å². The van der Waals surface area contributed by atoms with Crippen LogP contribution in [-0.4, -0.2) is 52.1 Å². The lowest BCUT2D eigenvalue weighted by atomic mass is 9.83. The Morgan fingerprint density at radius 1 is 0.966 bits per heavy atom. The molecule has 152 valence electrons. The number of nitrogens with one attached hydrogen (secondary N) is 1. The third-order valence-corrected chi connectivity index (χ3v) is 6.32. The number of hydrogen-bond donors (Lipinski definition) is 1. The standard InChI is InChI=1S/C23H26N2O4/c1-22(18-7-3-2-4-8-18)15-28-23(29-16-22)19-9-5-6-10-20(19)25(21(23)26)17-24-11-13-27-14-12-24/h2-10H,11-17H2,1H3/p+1. The van der Waals surface area contributed by atoms with Gasteiger partial charge in [0, 0.05) is 11.0 Å². The van der Waals surface area contributed by atoms with Crippen molar-refractivity contribution in [2.45, 2.75) is 18.1 Å². The summed E-state index contributed by atoms with van der Waals surface area (Å²) in [6, 6.07) is 18.1. The molecule has 3 heterocycles. The fraction of sp³-hybridized carbons (Fsp3) is 0.435. The highest BCUT2D eigenvalue weighted by Gasteiger charge is 2.58. The second-order valence-electron chi connectivity index (χ2n) is 8.39. The molecule has 0 atom stereocenters. The molecule has 0 aliphatic carbocycles. The van der Waals surface area contributed by atoms with Crippen molar-refractivity contribution in [3.05, 3.63) is 65.7 Å². The minimum atomic E-state index is -1.34. The van der Waals surface area contributed by atoms with Gasteiger partial charge in [-0.2, -0.15) is 0 Å². The molecule has 2 aromatic carbocycles. The highest BCUT2D eigenvalue weighted by atomic mass is 16.7. The van der Waals surface area contributed by atoms with Gasteiger partial charge in [-0.25, -0.2) is 0 Å². The zero-order valence-corrected chi connectivity index (χ0v) is 16.7. The number of ether oxygens (including phenoxy) is 3. The fourth-order valence-corrected chi connectivity index (χ4v) is 4.48. The van der Waals surface area contributed by atoms with Crippen LogP contribution in [0.2, 0.25) is 0 Å². The SMILES string of the molecule is CC1(c2ccccc2)COC2(OC1)C(=O)N(C[NH+]1CCOCC1)c1ccccc12. The molecule has 2 fully saturated rings. The Hall–Kier alpha value is -2.25. The number of fused-ring (bicyclic) bond motifs is 2. The van der Waals surface area contributed by atoms with Crippen LogP contribution in [0.5, 0.6) is 0 Å². The summed E-state index contributed by atoms with van der Waals surface area (Å²) in [6.07, 6.45) is 0. The highest BCUT2D eigenvalue weighted by Crippen LogP contribution is 2.47. The van der Waals surface area contributed by atoms with Crippen LogP contribution in [0.4, 0.5) is 5.69 Å². The average Bonchev–Trinajstić information content (AvgIpc) is 3.00. The second kappa shape index (κ2) is 7.22. The predicted octanol–water partition coefficient (Wildman–Crippen LogP) is 1.06. The number of carbonyl (C=O) groups excluding carboxylic acids is 1. The van der Waals surface area contributed by atoms with E-state index >= 15 is 0 Å². The topological polar surface area (TPSA) is 52.4 Å². The molecule has 3 aliphatic rings. The molecule has 0 saturated carbocycles. The molecule has 6 nitrogen and oxygen atoms in total. The second-order valence-corrected chi connectivity index (χ2v) is 8.39. The monoisotopic (exact) mass is 395 g/mol. The van der Waals surface area contributed by atoms with Crippen LogP contribution in [0.25, 0.3) is 0 Å². The molecule has 1 N–H and O–H groups in total. The molecule has 0 aromatic heterocycles. The van der Waals surface area contributed by atoms with Crippen LogP contribution in [0, 0.1) is 0 Å². The molecule has 1 spiro atoms. The Labute approximate surface area is 171 Å². The van der Waals surface area contributed by atoms with E-state index in [0.29, 0.717) is 19.9 Å². The summed E-state index contributed by atoms with van der Waals surface area (Å²) in [7, 11) is 0. The normalized spacial score (nSPS) is 30.0. The first kappa shape index (κ1) is 18.8. The van der Waals surface area contributed by atoms with Gasteiger partial charge in [0.1, 0.15) is 13.1 Å². The predicted molar refractivity (Wildman–Crippen MR) is 108 cm³/mol. The summed E-state index contributed by atoms with van der Waals surface area (Å²) in [5.74, 6) is -1.45. The lowest BCUT2D eigenvalue weighted by molar-refractivity contribution is -0.906. The average molecular weight is 395 g/mol. The number of amides is 1. The van der Waals surface area contributed by atoms with Crippen LogP contribution >= 0.6 is 0 Å². The van der Waals surface area contributed by atoms with Crippen molar-refractivity contribution in [3.8, 4) is 0 Å². The molecule has 2 aromatic rings. The quantitative estimate of drug-likeness (QED) is 0.845. The number of para-hydroxylation sites is 1. The van der Waals surface area contributed by atoms with Gasteiger partial charge in [-0.15, -0.1) is 0 Å². The number of morpholine rings is 1. The van der Waals surface area contributed by atoms with E-state index in [1.165, 1.54) is 4.90 Å². The van der Waals surface area contributed by atoms with Gasteiger partial charge in [0.25, 0.3) is 11.7 Å². The first-order valence-electron chi connectivity index (χ1n) is 10.3. The minimum Gasteiger partial charge on any atom is -0.370 e. The van der Waals surface area contributed by atoms with E-state index in [-0.39, 0.29) is 11.3 Å². The Bertz CT molecular complexity index is 887. The van der Waals surface area contributed by atoms with Crippen LogP contribution < -0.4 is 9.80 Å². The van der Waals surface area contributed by atoms with E-state index in [0.717, 1.165) is 43.1 Å². The summed E-state index contributed by atoms with van der Waals surface area (Å²) >= 11 is 0. The maximum atomic E-state index is 13.6. The number of benzene rings is 2. The third-order valence-electron chi connectivity index (χ3n) is 6.32. The number of carbonyl (C=O) groups is 1. The van der Waals surface area contributed by atoms with Crippen molar-refractivity contribution >= 4 is 11.6 Å². The largest absolute Gasteiger partial charge is 0.370 e. The molecule has 1 amide bonds. The molecule has 0 radical (unpaired) electrons. The molecule has 0 bridgehead atoms. The van der Waals surface area contributed by atoms with Gasteiger partial charge in [-0.3, -0.25) is 9.69 Å². The number of anilines is 1. The Balaban J connectivity index is 1.43. The summed E-state index contributed by atoms with van der Waals surface area (Å²) in [5, 5.41) is 0. The lowest BCUT2D eigenvalue weighted by Crippen LogP contribution is -3.15. The summed E-state index contributed by atoms with van der Waals surface area (Å²) in [6.45, 7) is 6.82. The van der Waals surface area contributed by atoms with Crippen molar-refractivity contribution in [1.29, 1.82) is 0 Å². The maximum absolute atomic E-state index is 13.6. The van der Waals surface area contributed by atoms with E-state index in [4.69, 9.17) is 14.2 Å². The number of rotatable bonds is 3. The Morgan fingerprint density at radius 2 is 1.62 bits per heavy atom. The van der Waals surface area contributed by atoms with Gasteiger partial charge in [-0.1, -0.05) is 55.5 Å². The first-order valence-corrected chi connectivity index (χ1v) is 10.3. The third kappa shape index (κ3) is 3.07. The molecule has 0 unspecified atom stereocenters. The smallest absolute Gasteiger partial charge is 0.296 e. The molecule has 2 saturated heterocycles. The van der Waals surface area contributed by atoms with Gasteiger partial charge in [0.2, 0.25) is 0 Å². The van der Waals surface area contributed by atoms with Crippen molar-refractivity contribution in [1.82, 2.24) is 0 Å². The Morgan fingerprint density at radius 3 is 2.34 bits per heavy atom. The van der Waals surface area contributed by atoms with Crippen LogP contribution in [0.3, 0.4) is 0 Å². The van der Waals surface area contributed by atoms with Gasteiger partial charge in [0.05, 0.1) is 32.1 Å². The maximum Gasteiger partial charge on any atom is 0.296 e. The zero-order valence-electron chi connectivity index (χ0n) is 16.7. The van der Waals surface area contributed by atoms with E-state index < -0.39 is 5.79 Å². The first-order chi connectivity index (χ1) is 14.1. The summed E-state index contributed by atoms with van der Waals surface area (Å²) in [4.78, 5) is 16.8. The van der Waals surface area contributed by atoms with E-state index in [9.17, 15) is 4.79 Å². The van der Waals surface area contributed by atoms with E-state index in [1.807, 2.05) is 47.4 Å². The van der Waals surface area contributed by atoms with Crippen LogP contribution in [-0.2, 0) is 30.2 Å². The van der Waals surface area contributed by atoms with E-state index in [2.05, 4.69) is 19.1 Å². The van der Waals surface area contributed by atoms with Crippen molar-refractivity contribution in [2.75, 3.05) is 51.1 Å². The fourth-order valence-electron chi connectivity index (χ4n) is 4.48. The van der Waals surface area contributed by atoms with Crippen molar-refractivity contribution in [3.63, 3.8) is 0 Å². The minimum absolute atomic E-state index is 0.118. The number of hydrogen-bond acceptors (Lipinski definition) is 4. The number of nitrogens with zero attached hydrogens (tertiary/aromatic N) is 1.